The summed E-state index contributed by atoms with van der Waals surface area (Å²) in [5, 5.41) is 6.72. The molecule has 0 fully saturated rings. The zero-order valence-corrected chi connectivity index (χ0v) is 13.9. The lowest BCUT2D eigenvalue weighted by atomic mass is 10.1. The molecule has 128 valence electrons. The Hall–Kier alpha value is -2.57. The third-order valence-electron chi connectivity index (χ3n) is 3.81. The molecule has 1 unspecified atom stereocenters. The van der Waals surface area contributed by atoms with Crippen LogP contribution in [0.3, 0.4) is 0 Å². The molecule has 0 aliphatic carbocycles. The molecule has 1 amide bonds. The van der Waals surface area contributed by atoms with Crippen molar-refractivity contribution in [2.45, 2.75) is 39.2 Å². The molecule has 7 nitrogen and oxygen atoms in total. The van der Waals surface area contributed by atoms with Gasteiger partial charge < -0.3 is 19.3 Å². The molecule has 1 aromatic carbocycles. The molecular formula is C17H21N3O4. The summed E-state index contributed by atoms with van der Waals surface area (Å²) in [6.45, 7) is 4.84. The third-order valence-corrected chi connectivity index (χ3v) is 3.81. The molecule has 0 radical (unpaired) electrons. The van der Waals surface area contributed by atoms with Crippen LogP contribution in [-0.4, -0.2) is 29.3 Å². The molecule has 0 bridgehead atoms. The van der Waals surface area contributed by atoms with Crippen molar-refractivity contribution in [3.63, 3.8) is 0 Å². The van der Waals surface area contributed by atoms with Crippen LogP contribution in [0.4, 0.5) is 0 Å². The predicted octanol–water partition coefficient (Wildman–Crippen LogP) is 2.35. The lowest BCUT2D eigenvalue weighted by molar-refractivity contribution is -0.121. The quantitative estimate of drug-likeness (QED) is 0.874. The van der Waals surface area contributed by atoms with E-state index in [4.69, 9.17) is 14.0 Å². The minimum absolute atomic E-state index is 0.00590. The highest BCUT2D eigenvalue weighted by molar-refractivity contribution is 5.76. The second-order valence-electron chi connectivity index (χ2n) is 5.78. The van der Waals surface area contributed by atoms with Crippen LogP contribution in [0.5, 0.6) is 11.5 Å². The number of aromatic nitrogens is 2. The van der Waals surface area contributed by atoms with E-state index in [0.29, 0.717) is 44.2 Å². The SMILES string of the molecule is Cc1noc(CCCC(=O)NC(C)c2ccc3c(c2)OCCO3)n1. The van der Waals surface area contributed by atoms with E-state index in [2.05, 4.69) is 15.5 Å². The maximum atomic E-state index is 12.1. The average Bonchev–Trinajstić information content (AvgIpc) is 2.99. The summed E-state index contributed by atoms with van der Waals surface area (Å²) in [5.41, 5.74) is 0.986. The number of aryl methyl sites for hydroxylation is 2. The molecule has 1 N–H and O–H groups in total. The number of hydrogen-bond donors (Lipinski definition) is 1. The van der Waals surface area contributed by atoms with Crippen LogP contribution in [0.25, 0.3) is 0 Å². The summed E-state index contributed by atoms with van der Waals surface area (Å²) in [6.07, 6.45) is 1.68. The number of ether oxygens (including phenoxy) is 2. The zero-order valence-electron chi connectivity index (χ0n) is 13.9. The normalized spacial score (nSPS) is 14.2. The molecule has 1 atom stereocenters. The second-order valence-corrected chi connectivity index (χ2v) is 5.78. The Morgan fingerprint density at radius 3 is 2.83 bits per heavy atom. The number of amides is 1. The number of fused-ring (bicyclic) bond motifs is 1. The van der Waals surface area contributed by atoms with Crippen LogP contribution >= 0.6 is 0 Å². The van der Waals surface area contributed by atoms with Gasteiger partial charge in [0.05, 0.1) is 6.04 Å². The molecule has 0 saturated carbocycles. The topological polar surface area (TPSA) is 86.5 Å². The largest absolute Gasteiger partial charge is 0.486 e. The van der Waals surface area contributed by atoms with E-state index in [0.717, 1.165) is 17.1 Å². The lowest BCUT2D eigenvalue weighted by Crippen LogP contribution is -2.26. The van der Waals surface area contributed by atoms with E-state index in [1.807, 2.05) is 25.1 Å². The highest BCUT2D eigenvalue weighted by Gasteiger charge is 2.16. The molecular weight excluding hydrogens is 310 g/mol. The Morgan fingerprint density at radius 2 is 2.08 bits per heavy atom. The van der Waals surface area contributed by atoms with Crippen LogP contribution in [0.15, 0.2) is 22.7 Å². The van der Waals surface area contributed by atoms with Crippen molar-refractivity contribution in [3.05, 3.63) is 35.5 Å². The fraction of sp³-hybridized carbons (Fsp3) is 0.471. The van der Waals surface area contributed by atoms with Gasteiger partial charge in [-0.2, -0.15) is 4.98 Å². The molecule has 24 heavy (non-hydrogen) atoms. The molecule has 2 aromatic rings. The first-order chi connectivity index (χ1) is 11.6. The maximum Gasteiger partial charge on any atom is 0.226 e. The summed E-state index contributed by atoms with van der Waals surface area (Å²) >= 11 is 0. The Labute approximate surface area is 140 Å². The first kappa shape index (κ1) is 16.3. The number of benzene rings is 1. The molecule has 7 heteroatoms. The summed E-state index contributed by atoms with van der Waals surface area (Å²) in [6, 6.07) is 5.64. The van der Waals surface area contributed by atoms with Crippen molar-refractivity contribution < 1.29 is 18.8 Å². The van der Waals surface area contributed by atoms with Gasteiger partial charge in [-0.25, -0.2) is 0 Å². The van der Waals surface area contributed by atoms with Gasteiger partial charge in [0.2, 0.25) is 11.8 Å². The van der Waals surface area contributed by atoms with Crippen molar-refractivity contribution in [2.75, 3.05) is 13.2 Å². The number of nitrogens with zero attached hydrogens (tertiary/aromatic N) is 2. The van der Waals surface area contributed by atoms with E-state index in [1.165, 1.54) is 0 Å². The molecule has 1 aromatic heterocycles. The van der Waals surface area contributed by atoms with Gasteiger partial charge in [0.25, 0.3) is 0 Å². The van der Waals surface area contributed by atoms with Crippen molar-refractivity contribution in [1.29, 1.82) is 0 Å². The van der Waals surface area contributed by atoms with E-state index < -0.39 is 0 Å². The smallest absolute Gasteiger partial charge is 0.226 e. The van der Waals surface area contributed by atoms with Crippen LogP contribution in [0.2, 0.25) is 0 Å². The van der Waals surface area contributed by atoms with E-state index in [1.54, 1.807) is 6.92 Å². The standard InChI is InChI=1S/C17H21N3O4/c1-11(13-6-7-14-15(10-13)23-9-8-22-14)18-16(21)4-3-5-17-19-12(2)20-24-17/h6-7,10-11H,3-5,8-9H2,1-2H3,(H,18,21). The van der Waals surface area contributed by atoms with Crippen molar-refractivity contribution >= 4 is 5.91 Å². The van der Waals surface area contributed by atoms with Crippen LogP contribution in [-0.2, 0) is 11.2 Å². The van der Waals surface area contributed by atoms with Crippen molar-refractivity contribution in [3.8, 4) is 11.5 Å². The molecule has 0 saturated heterocycles. The van der Waals surface area contributed by atoms with Gasteiger partial charge in [-0.1, -0.05) is 11.2 Å². The minimum atomic E-state index is -0.0982. The molecule has 0 spiro atoms. The molecule has 3 rings (SSSR count). The summed E-state index contributed by atoms with van der Waals surface area (Å²) in [7, 11) is 0. The van der Waals surface area contributed by atoms with Gasteiger partial charge in [-0.3, -0.25) is 4.79 Å². The van der Waals surface area contributed by atoms with Gasteiger partial charge >= 0.3 is 0 Å². The number of carbonyl (C=O) groups is 1. The fourth-order valence-electron chi connectivity index (χ4n) is 2.57. The van der Waals surface area contributed by atoms with Crippen molar-refractivity contribution in [2.24, 2.45) is 0 Å². The maximum absolute atomic E-state index is 12.1. The highest BCUT2D eigenvalue weighted by atomic mass is 16.6. The third kappa shape index (κ3) is 4.04. The fourth-order valence-corrected chi connectivity index (χ4v) is 2.57. The molecule has 1 aliphatic heterocycles. The number of carbonyl (C=O) groups excluding carboxylic acids is 1. The van der Waals surface area contributed by atoms with Gasteiger partial charge in [0.1, 0.15) is 13.2 Å². The molecule has 2 heterocycles. The Kier molecular flexibility index (Phi) is 4.98. The number of rotatable bonds is 6. The van der Waals surface area contributed by atoms with Gasteiger partial charge in [-0.05, 0) is 38.0 Å². The Morgan fingerprint density at radius 1 is 1.29 bits per heavy atom. The van der Waals surface area contributed by atoms with E-state index in [-0.39, 0.29) is 11.9 Å². The second kappa shape index (κ2) is 7.33. The number of hydrogen-bond acceptors (Lipinski definition) is 6. The Balaban J connectivity index is 1.48. The number of nitrogens with one attached hydrogen (secondary N) is 1. The van der Waals surface area contributed by atoms with Crippen molar-refractivity contribution in [1.82, 2.24) is 15.5 Å². The summed E-state index contributed by atoms with van der Waals surface area (Å²) in [5.74, 6) is 2.65. The van der Waals surface area contributed by atoms with Crippen LogP contribution in [0, 0.1) is 6.92 Å². The monoisotopic (exact) mass is 331 g/mol. The minimum Gasteiger partial charge on any atom is -0.486 e. The highest BCUT2D eigenvalue weighted by Crippen LogP contribution is 2.32. The van der Waals surface area contributed by atoms with Gasteiger partial charge in [-0.15, -0.1) is 0 Å². The lowest BCUT2D eigenvalue weighted by Gasteiger charge is -2.21. The first-order valence-corrected chi connectivity index (χ1v) is 8.10. The predicted molar refractivity (Wildman–Crippen MR) is 86.0 cm³/mol. The van der Waals surface area contributed by atoms with E-state index in [9.17, 15) is 4.79 Å². The van der Waals surface area contributed by atoms with Gasteiger partial charge in [0.15, 0.2) is 17.3 Å². The van der Waals surface area contributed by atoms with E-state index >= 15 is 0 Å². The molecule has 1 aliphatic rings. The first-order valence-electron chi connectivity index (χ1n) is 8.10. The zero-order chi connectivity index (χ0) is 16.9. The average molecular weight is 331 g/mol. The Bertz CT molecular complexity index is 714. The van der Waals surface area contributed by atoms with Crippen LogP contribution in [0.1, 0.15) is 43.1 Å². The summed E-state index contributed by atoms with van der Waals surface area (Å²) in [4.78, 5) is 16.2. The van der Waals surface area contributed by atoms with Crippen LogP contribution < -0.4 is 14.8 Å². The van der Waals surface area contributed by atoms with Gasteiger partial charge in [0, 0.05) is 12.8 Å². The summed E-state index contributed by atoms with van der Waals surface area (Å²) < 4.78 is 16.1.